The summed E-state index contributed by atoms with van der Waals surface area (Å²) in [7, 11) is 0. The summed E-state index contributed by atoms with van der Waals surface area (Å²) in [5.74, 6) is -2.06. The Morgan fingerprint density at radius 2 is 2.20 bits per heavy atom. The summed E-state index contributed by atoms with van der Waals surface area (Å²) in [5.41, 5.74) is -1.82. The molecule has 0 saturated heterocycles. The smallest absolute Gasteiger partial charge is 0.328 e. The van der Waals surface area contributed by atoms with Crippen molar-refractivity contribution in [1.82, 2.24) is 9.55 Å². The van der Waals surface area contributed by atoms with Crippen molar-refractivity contribution in [3.8, 4) is 0 Å². The zero-order chi connectivity index (χ0) is 11.4. The van der Waals surface area contributed by atoms with E-state index in [1.165, 1.54) is 0 Å². The lowest BCUT2D eigenvalue weighted by Gasteiger charge is -2.02. The zero-order valence-electron chi connectivity index (χ0n) is 7.70. The van der Waals surface area contributed by atoms with E-state index in [4.69, 9.17) is 5.11 Å². The minimum atomic E-state index is -1.07. The average molecular weight is 216 g/mol. The molecule has 82 valence electrons. The van der Waals surface area contributed by atoms with E-state index in [1.54, 1.807) is 4.98 Å². The highest BCUT2D eigenvalue weighted by molar-refractivity contribution is 5.66. The van der Waals surface area contributed by atoms with Gasteiger partial charge in [0.2, 0.25) is 5.82 Å². The number of hydrogen-bond donors (Lipinski definition) is 2. The minimum absolute atomic E-state index is 0.0544. The molecule has 7 heteroatoms. The molecule has 1 aromatic rings. The number of H-pyrrole nitrogens is 1. The molecule has 1 heterocycles. The van der Waals surface area contributed by atoms with Gasteiger partial charge in [0, 0.05) is 13.0 Å². The molecule has 0 aromatic carbocycles. The number of rotatable bonds is 4. The van der Waals surface area contributed by atoms with Gasteiger partial charge in [-0.1, -0.05) is 0 Å². The third kappa shape index (κ3) is 3.04. The van der Waals surface area contributed by atoms with E-state index in [-0.39, 0.29) is 19.4 Å². The van der Waals surface area contributed by atoms with Crippen LogP contribution in [0.2, 0.25) is 0 Å². The predicted molar refractivity (Wildman–Crippen MR) is 48.2 cm³/mol. The van der Waals surface area contributed by atoms with Crippen LogP contribution in [0, 0.1) is 5.82 Å². The van der Waals surface area contributed by atoms with Crippen molar-refractivity contribution in [1.29, 1.82) is 0 Å². The van der Waals surface area contributed by atoms with E-state index in [1.807, 2.05) is 0 Å². The van der Waals surface area contributed by atoms with Crippen LogP contribution in [0.5, 0.6) is 0 Å². The highest BCUT2D eigenvalue weighted by Crippen LogP contribution is 1.92. The Balaban J connectivity index is 2.78. The molecule has 0 spiro atoms. The summed E-state index contributed by atoms with van der Waals surface area (Å²) in [6.45, 7) is 0.0544. The lowest BCUT2D eigenvalue weighted by molar-refractivity contribution is -0.137. The van der Waals surface area contributed by atoms with Gasteiger partial charge in [0.25, 0.3) is 5.56 Å². The number of aromatic nitrogens is 2. The van der Waals surface area contributed by atoms with Crippen LogP contribution >= 0.6 is 0 Å². The van der Waals surface area contributed by atoms with Crippen molar-refractivity contribution in [2.45, 2.75) is 19.4 Å². The number of carboxylic acids is 1. The van der Waals surface area contributed by atoms with Gasteiger partial charge in [-0.05, 0) is 6.42 Å². The average Bonchev–Trinajstić information content (AvgIpc) is 2.13. The molecule has 2 N–H and O–H groups in total. The van der Waals surface area contributed by atoms with Gasteiger partial charge < -0.3 is 5.11 Å². The van der Waals surface area contributed by atoms with Crippen molar-refractivity contribution in [2.24, 2.45) is 0 Å². The molecular weight excluding hydrogens is 207 g/mol. The summed E-state index contributed by atoms with van der Waals surface area (Å²) < 4.78 is 13.7. The van der Waals surface area contributed by atoms with Crippen LogP contribution in [0.4, 0.5) is 4.39 Å². The second-order valence-electron chi connectivity index (χ2n) is 2.93. The normalized spacial score (nSPS) is 10.2. The number of aromatic amines is 1. The first-order chi connectivity index (χ1) is 7.00. The summed E-state index contributed by atoms with van der Waals surface area (Å²) >= 11 is 0. The highest BCUT2D eigenvalue weighted by atomic mass is 19.1. The number of halogens is 1. The maximum atomic E-state index is 12.7. The lowest BCUT2D eigenvalue weighted by Crippen LogP contribution is -2.31. The molecule has 0 aliphatic rings. The largest absolute Gasteiger partial charge is 0.481 e. The van der Waals surface area contributed by atoms with Gasteiger partial charge in [0.15, 0.2) is 0 Å². The van der Waals surface area contributed by atoms with Gasteiger partial charge in [-0.3, -0.25) is 19.1 Å². The third-order valence-corrected chi connectivity index (χ3v) is 1.76. The third-order valence-electron chi connectivity index (χ3n) is 1.76. The second kappa shape index (κ2) is 4.54. The van der Waals surface area contributed by atoms with Gasteiger partial charge in [-0.25, -0.2) is 4.79 Å². The SMILES string of the molecule is O=C(O)CCCn1cc(F)c(=O)[nH]c1=O. The number of nitrogens with one attached hydrogen (secondary N) is 1. The van der Waals surface area contributed by atoms with E-state index in [2.05, 4.69) is 0 Å². The number of carbonyl (C=O) groups is 1. The van der Waals surface area contributed by atoms with Crippen molar-refractivity contribution in [3.05, 3.63) is 32.9 Å². The van der Waals surface area contributed by atoms with E-state index >= 15 is 0 Å². The quantitative estimate of drug-likeness (QED) is 0.712. The fraction of sp³-hybridized carbons (Fsp3) is 0.375. The van der Waals surface area contributed by atoms with Crippen molar-refractivity contribution >= 4 is 5.97 Å². The Kier molecular flexibility index (Phi) is 3.37. The molecule has 0 saturated carbocycles. The van der Waals surface area contributed by atoms with E-state index in [9.17, 15) is 18.8 Å². The molecule has 0 amide bonds. The van der Waals surface area contributed by atoms with Crippen molar-refractivity contribution in [2.75, 3.05) is 0 Å². The molecule has 0 fully saturated rings. The molecular formula is C8H9FN2O4. The van der Waals surface area contributed by atoms with Gasteiger partial charge >= 0.3 is 11.7 Å². The lowest BCUT2D eigenvalue weighted by atomic mass is 10.3. The molecule has 0 unspecified atom stereocenters. The monoisotopic (exact) mass is 216 g/mol. The second-order valence-corrected chi connectivity index (χ2v) is 2.93. The van der Waals surface area contributed by atoms with Gasteiger partial charge in [0.05, 0.1) is 6.20 Å². The molecule has 15 heavy (non-hydrogen) atoms. The predicted octanol–water partition coefficient (Wildman–Crippen LogP) is -0.459. The molecule has 0 bridgehead atoms. The van der Waals surface area contributed by atoms with Gasteiger partial charge in [-0.15, -0.1) is 0 Å². The van der Waals surface area contributed by atoms with Crippen LogP contribution in [0.15, 0.2) is 15.8 Å². The summed E-state index contributed by atoms with van der Waals surface area (Å²) in [6, 6.07) is 0. The molecule has 1 rings (SSSR count). The number of nitrogens with zero attached hydrogens (tertiary/aromatic N) is 1. The fourth-order valence-electron chi connectivity index (χ4n) is 1.05. The van der Waals surface area contributed by atoms with E-state index in [0.29, 0.717) is 0 Å². The number of carboxylic acid groups (broad SMARTS) is 1. The van der Waals surface area contributed by atoms with Crippen LogP contribution in [0.1, 0.15) is 12.8 Å². The Morgan fingerprint density at radius 3 is 2.80 bits per heavy atom. The van der Waals surface area contributed by atoms with E-state index in [0.717, 1.165) is 10.8 Å². The van der Waals surface area contributed by atoms with Gasteiger partial charge in [0.1, 0.15) is 0 Å². The molecule has 0 radical (unpaired) electrons. The molecule has 0 aliphatic carbocycles. The van der Waals surface area contributed by atoms with Crippen molar-refractivity contribution in [3.63, 3.8) is 0 Å². The highest BCUT2D eigenvalue weighted by Gasteiger charge is 2.04. The molecule has 6 nitrogen and oxygen atoms in total. The fourth-order valence-corrected chi connectivity index (χ4v) is 1.05. The number of hydrogen-bond acceptors (Lipinski definition) is 3. The van der Waals surface area contributed by atoms with Crippen molar-refractivity contribution < 1.29 is 14.3 Å². The van der Waals surface area contributed by atoms with Crippen LogP contribution in [-0.4, -0.2) is 20.6 Å². The van der Waals surface area contributed by atoms with Gasteiger partial charge in [-0.2, -0.15) is 4.39 Å². The van der Waals surface area contributed by atoms with Crippen LogP contribution in [-0.2, 0) is 11.3 Å². The first-order valence-corrected chi connectivity index (χ1v) is 4.22. The summed E-state index contributed by atoms with van der Waals surface area (Å²) in [4.78, 5) is 33.6. The van der Waals surface area contributed by atoms with Crippen LogP contribution < -0.4 is 11.2 Å². The maximum absolute atomic E-state index is 12.7. The first-order valence-electron chi connectivity index (χ1n) is 4.22. The Labute approximate surface area is 83.0 Å². The molecule has 0 atom stereocenters. The minimum Gasteiger partial charge on any atom is -0.481 e. The summed E-state index contributed by atoms with van der Waals surface area (Å²) in [6.07, 6.45) is 0.844. The molecule has 0 aliphatic heterocycles. The Bertz CT molecular complexity index is 476. The first kappa shape index (κ1) is 11.2. The summed E-state index contributed by atoms with van der Waals surface area (Å²) in [5, 5.41) is 8.34. The van der Waals surface area contributed by atoms with E-state index < -0.39 is 23.0 Å². The number of aryl methyl sites for hydroxylation is 1. The topological polar surface area (TPSA) is 92.2 Å². The maximum Gasteiger partial charge on any atom is 0.328 e. The zero-order valence-corrected chi connectivity index (χ0v) is 7.70. The van der Waals surface area contributed by atoms with Crippen LogP contribution in [0.25, 0.3) is 0 Å². The molecule has 1 aromatic heterocycles. The van der Waals surface area contributed by atoms with Crippen LogP contribution in [0.3, 0.4) is 0 Å². The Morgan fingerprint density at radius 1 is 1.53 bits per heavy atom. The Hall–Kier alpha value is -1.92. The number of aliphatic carboxylic acids is 1. The standard InChI is InChI=1S/C8H9FN2O4/c9-5-4-11(3-1-2-6(12)13)8(15)10-7(5)14/h4H,1-3H2,(H,12,13)(H,10,14,15).